The van der Waals surface area contributed by atoms with Crippen LogP contribution in [0.2, 0.25) is 0 Å². The monoisotopic (exact) mass is 470 g/mol. The molecule has 0 amide bonds. The number of likely N-dealkylation sites (N-methyl/N-ethyl adjacent to an activating group) is 1. The molecule has 1 aromatic carbocycles. The van der Waals surface area contributed by atoms with E-state index in [0.717, 1.165) is 50.4 Å². The minimum atomic E-state index is -0.403. The molecule has 1 unspecified atom stereocenters. The first-order valence-corrected chi connectivity index (χ1v) is 11.9. The van der Waals surface area contributed by atoms with E-state index in [1.54, 1.807) is 7.11 Å². The third-order valence-corrected chi connectivity index (χ3v) is 6.95. The zero-order valence-corrected chi connectivity index (χ0v) is 20.4. The highest BCUT2D eigenvalue weighted by Crippen LogP contribution is 2.38. The molecule has 5 rings (SSSR count). The molecule has 3 heterocycles. The normalized spacial score (nSPS) is 19.8. The van der Waals surface area contributed by atoms with Gasteiger partial charge in [0.2, 0.25) is 5.95 Å². The van der Waals surface area contributed by atoms with Crippen LogP contribution in [0.25, 0.3) is 0 Å². The van der Waals surface area contributed by atoms with Gasteiger partial charge in [-0.15, -0.1) is 0 Å². The fourth-order valence-electron chi connectivity index (χ4n) is 4.60. The fraction of sp³-hybridized carbons (Fsp3) is 0.385. The summed E-state index contributed by atoms with van der Waals surface area (Å²) >= 11 is 0. The average molecular weight is 471 g/mol. The number of nitriles is 1. The van der Waals surface area contributed by atoms with Crippen LogP contribution in [-0.2, 0) is 16.8 Å². The van der Waals surface area contributed by atoms with Crippen LogP contribution in [0.4, 0.5) is 29.0 Å². The van der Waals surface area contributed by atoms with Gasteiger partial charge < -0.3 is 25.2 Å². The first-order valence-electron chi connectivity index (χ1n) is 11.9. The van der Waals surface area contributed by atoms with E-state index in [-0.39, 0.29) is 0 Å². The summed E-state index contributed by atoms with van der Waals surface area (Å²) in [6, 6.07) is 14.4. The Morgan fingerprint density at radius 2 is 1.80 bits per heavy atom. The Labute approximate surface area is 205 Å². The number of fused-ring (bicyclic) bond motifs is 1. The summed E-state index contributed by atoms with van der Waals surface area (Å²) in [6.45, 7) is 6.24. The van der Waals surface area contributed by atoms with Gasteiger partial charge in [0.25, 0.3) is 0 Å². The molecule has 0 bridgehead atoms. The molecule has 2 aromatic heterocycles. The maximum Gasteiger partial charge on any atom is 0.229 e. The summed E-state index contributed by atoms with van der Waals surface area (Å²) in [5, 5.41) is 16.0. The average Bonchev–Trinajstić information content (AvgIpc) is 3.22. The van der Waals surface area contributed by atoms with E-state index in [4.69, 9.17) is 9.72 Å². The first kappa shape index (κ1) is 23.0. The number of rotatable bonds is 6. The summed E-state index contributed by atoms with van der Waals surface area (Å²) in [7, 11) is 3.87. The van der Waals surface area contributed by atoms with Gasteiger partial charge in [0.1, 0.15) is 23.1 Å². The number of pyridine rings is 1. The molecule has 1 aliphatic carbocycles. The van der Waals surface area contributed by atoms with Crippen molar-refractivity contribution in [3.63, 3.8) is 0 Å². The topological polar surface area (TPSA) is 102 Å². The Bertz CT molecular complexity index is 1250. The number of hydrogen-bond donors (Lipinski definition) is 2. The number of anilines is 5. The summed E-state index contributed by atoms with van der Waals surface area (Å²) in [5.41, 5.74) is 4.14. The molecule has 35 heavy (non-hydrogen) atoms. The van der Waals surface area contributed by atoms with Crippen molar-refractivity contribution in [2.24, 2.45) is 0 Å². The molecule has 0 spiro atoms. The number of benzene rings is 1. The molecular formula is C26H30N8O. The molecule has 1 atom stereocenters. The second-order valence-electron chi connectivity index (χ2n) is 9.29. The van der Waals surface area contributed by atoms with Gasteiger partial charge in [-0.25, -0.2) is 9.97 Å². The van der Waals surface area contributed by atoms with Crippen LogP contribution in [0.15, 0.2) is 42.6 Å². The van der Waals surface area contributed by atoms with E-state index >= 15 is 0 Å². The Balaban J connectivity index is 1.33. The van der Waals surface area contributed by atoms with Crippen molar-refractivity contribution in [2.75, 3.05) is 55.9 Å². The Morgan fingerprint density at radius 3 is 2.51 bits per heavy atom. The maximum absolute atomic E-state index is 9.59. The van der Waals surface area contributed by atoms with Crippen LogP contribution >= 0.6 is 0 Å². The standard InChI is InChI=1S/C26H30N8O/c1-26(35-3)11-10-18-4-9-22(30-23(18)26)31-24-19(16-27)17-28-25(32-24)29-20-5-7-21(8-6-20)34-14-12-33(2)13-15-34/h4-9,17H,10-15H2,1-3H3,(H2,28,29,30,31,32). The molecular weight excluding hydrogens is 440 g/mol. The van der Waals surface area contributed by atoms with Crippen molar-refractivity contribution in [2.45, 2.75) is 25.4 Å². The molecule has 2 aliphatic rings. The maximum atomic E-state index is 9.59. The van der Waals surface area contributed by atoms with Crippen molar-refractivity contribution in [1.29, 1.82) is 5.26 Å². The molecule has 180 valence electrons. The lowest BCUT2D eigenvalue weighted by Crippen LogP contribution is -2.44. The lowest BCUT2D eigenvalue weighted by molar-refractivity contribution is 0.000609. The summed E-state index contributed by atoms with van der Waals surface area (Å²) in [5.74, 6) is 1.43. The van der Waals surface area contributed by atoms with Gasteiger partial charge >= 0.3 is 0 Å². The second kappa shape index (κ2) is 9.49. The molecule has 0 radical (unpaired) electrons. The Morgan fingerprint density at radius 1 is 1.03 bits per heavy atom. The predicted molar refractivity (Wildman–Crippen MR) is 136 cm³/mol. The number of methoxy groups -OCH3 is 1. The Hall–Kier alpha value is -3.74. The first-order chi connectivity index (χ1) is 17.0. The fourth-order valence-corrected chi connectivity index (χ4v) is 4.60. The van der Waals surface area contributed by atoms with Crippen LogP contribution in [0.3, 0.4) is 0 Å². The molecule has 1 saturated heterocycles. The minimum absolute atomic E-state index is 0.345. The minimum Gasteiger partial charge on any atom is -0.372 e. The largest absolute Gasteiger partial charge is 0.372 e. The molecule has 9 heteroatoms. The molecule has 9 nitrogen and oxygen atoms in total. The molecule has 1 fully saturated rings. The van der Waals surface area contributed by atoms with Crippen molar-refractivity contribution < 1.29 is 4.74 Å². The second-order valence-corrected chi connectivity index (χ2v) is 9.29. The lowest BCUT2D eigenvalue weighted by atomic mass is 10.0. The highest BCUT2D eigenvalue weighted by molar-refractivity contribution is 5.64. The van der Waals surface area contributed by atoms with Gasteiger partial charge in [0, 0.05) is 44.7 Å². The van der Waals surface area contributed by atoms with Crippen molar-refractivity contribution in [1.82, 2.24) is 19.9 Å². The van der Waals surface area contributed by atoms with Crippen molar-refractivity contribution in [3.05, 3.63) is 59.4 Å². The van der Waals surface area contributed by atoms with E-state index in [1.165, 1.54) is 17.4 Å². The van der Waals surface area contributed by atoms with E-state index in [1.807, 2.05) is 18.2 Å². The molecule has 3 aromatic rings. The van der Waals surface area contributed by atoms with E-state index < -0.39 is 5.60 Å². The summed E-state index contributed by atoms with van der Waals surface area (Å²) < 4.78 is 5.73. The predicted octanol–water partition coefficient (Wildman–Crippen LogP) is 3.79. The third kappa shape index (κ3) is 4.76. The number of aryl methyl sites for hydroxylation is 1. The van der Waals surface area contributed by atoms with Gasteiger partial charge in [0.15, 0.2) is 5.82 Å². The highest BCUT2D eigenvalue weighted by Gasteiger charge is 2.36. The quantitative estimate of drug-likeness (QED) is 0.557. The molecule has 0 saturated carbocycles. The van der Waals surface area contributed by atoms with Crippen LogP contribution in [0, 0.1) is 11.3 Å². The van der Waals surface area contributed by atoms with Crippen molar-refractivity contribution >= 4 is 29.0 Å². The van der Waals surface area contributed by atoms with Gasteiger partial charge in [-0.3, -0.25) is 0 Å². The summed E-state index contributed by atoms with van der Waals surface area (Å²) in [4.78, 5) is 18.4. The smallest absolute Gasteiger partial charge is 0.229 e. The number of aromatic nitrogens is 3. The SMILES string of the molecule is COC1(C)CCc2ccc(Nc3nc(Nc4ccc(N5CCN(C)CC5)cc4)ncc3C#N)nc21. The number of piperazine rings is 1. The van der Waals surface area contributed by atoms with E-state index in [0.29, 0.717) is 23.1 Å². The van der Waals surface area contributed by atoms with E-state index in [2.05, 4.69) is 68.6 Å². The van der Waals surface area contributed by atoms with Crippen molar-refractivity contribution in [3.8, 4) is 6.07 Å². The number of hydrogen-bond acceptors (Lipinski definition) is 9. The lowest BCUT2D eigenvalue weighted by Gasteiger charge is -2.34. The number of ether oxygens (including phenoxy) is 1. The van der Waals surface area contributed by atoms with Crippen LogP contribution < -0.4 is 15.5 Å². The highest BCUT2D eigenvalue weighted by atomic mass is 16.5. The van der Waals surface area contributed by atoms with Crippen LogP contribution in [0.1, 0.15) is 30.2 Å². The van der Waals surface area contributed by atoms with Gasteiger partial charge in [-0.2, -0.15) is 10.2 Å². The van der Waals surface area contributed by atoms with Gasteiger partial charge in [-0.1, -0.05) is 6.07 Å². The molecule has 2 N–H and O–H groups in total. The molecule has 1 aliphatic heterocycles. The van der Waals surface area contributed by atoms with Crippen LogP contribution in [-0.4, -0.2) is 60.2 Å². The number of nitrogens with one attached hydrogen (secondary N) is 2. The number of nitrogens with zero attached hydrogens (tertiary/aromatic N) is 6. The van der Waals surface area contributed by atoms with Crippen LogP contribution in [0.5, 0.6) is 0 Å². The summed E-state index contributed by atoms with van der Waals surface area (Å²) in [6.07, 6.45) is 3.35. The van der Waals surface area contributed by atoms with E-state index in [9.17, 15) is 5.26 Å². The zero-order valence-electron chi connectivity index (χ0n) is 20.4. The Kier molecular flexibility index (Phi) is 6.24. The van der Waals surface area contributed by atoms with Gasteiger partial charge in [-0.05, 0) is 62.7 Å². The van der Waals surface area contributed by atoms with Gasteiger partial charge in [0.05, 0.1) is 11.9 Å². The zero-order chi connectivity index (χ0) is 24.4. The third-order valence-electron chi connectivity index (χ3n) is 6.95.